The number of aromatic amines is 1. The third-order valence-electron chi connectivity index (χ3n) is 5.03. The molecule has 1 aliphatic rings. The number of aromatic nitrogens is 2. The maximum absolute atomic E-state index is 4.84. The van der Waals surface area contributed by atoms with Crippen molar-refractivity contribution in [2.24, 2.45) is 0 Å². The number of nitrogens with zero attached hydrogens (tertiary/aromatic N) is 3. The van der Waals surface area contributed by atoms with Crippen LogP contribution in [0.2, 0.25) is 0 Å². The van der Waals surface area contributed by atoms with Crippen LogP contribution >= 0.6 is 11.3 Å². The van der Waals surface area contributed by atoms with Gasteiger partial charge < -0.3 is 4.98 Å². The van der Waals surface area contributed by atoms with Gasteiger partial charge in [-0.15, -0.1) is 11.3 Å². The van der Waals surface area contributed by atoms with Gasteiger partial charge in [0.2, 0.25) is 0 Å². The summed E-state index contributed by atoms with van der Waals surface area (Å²) in [5, 5.41) is 2.16. The van der Waals surface area contributed by atoms with Crippen LogP contribution in [0.1, 0.15) is 21.8 Å². The number of nitrogens with one attached hydrogen (secondary N) is 1. The Bertz CT molecular complexity index is 813. The Morgan fingerprint density at radius 1 is 1.04 bits per heavy atom. The minimum absolute atomic E-state index is 0.917. The Morgan fingerprint density at radius 3 is 2.50 bits per heavy atom. The van der Waals surface area contributed by atoms with Gasteiger partial charge in [-0.2, -0.15) is 0 Å². The molecule has 5 heteroatoms. The third-order valence-corrected chi connectivity index (χ3v) is 5.89. The van der Waals surface area contributed by atoms with E-state index in [-0.39, 0.29) is 0 Å². The van der Waals surface area contributed by atoms with Gasteiger partial charge in [0.25, 0.3) is 0 Å². The molecule has 0 amide bonds. The van der Waals surface area contributed by atoms with E-state index >= 15 is 0 Å². The number of benzene rings is 1. The Morgan fingerprint density at radius 2 is 1.79 bits per heavy atom. The molecule has 126 valence electrons. The number of H-pyrrole nitrogens is 1. The molecule has 24 heavy (non-hydrogen) atoms. The number of aryl methyl sites for hydroxylation is 2. The van der Waals surface area contributed by atoms with Gasteiger partial charge in [0.1, 0.15) is 5.82 Å². The zero-order chi connectivity index (χ0) is 16.5. The van der Waals surface area contributed by atoms with E-state index in [2.05, 4.69) is 58.3 Å². The molecule has 3 heterocycles. The van der Waals surface area contributed by atoms with Gasteiger partial charge in [-0.1, -0.05) is 12.1 Å². The van der Waals surface area contributed by atoms with Crippen LogP contribution in [0.25, 0.3) is 11.0 Å². The lowest BCUT2D eigenvalue weighted by atomic mass is 10.1. The summed E-state index contributed by atoms with van der Waals surface area (Å²) in [4.78, 5) is 14.9. The Hall–Kier alpha value is -1.69. The highest BCUT2D eigenvalue weighted by Gasteiger charge is 2.18. The van der Waals surface area contributed by atoms with E-state index in [1.165, 1.54) is 16.0 Å². The van der Waals surface area contributed by atoms with Gasteiger partial charge >= 0.3 is 0 Å². The molecular formula is C19H24N4S. The zero-order valence-electron chi connectivity index (χ0n) is 14.4. The van der Waals surface area contributed by atoms with Crippen molar-refractivity contribution in [2.45, 2.75) is 26.9 Å². The molecule has 0 bridgehead atoms. The van der Waals surface area contributed by atoms with Crippen LogP contribution in [0.4, 0.5) is 0 Å². The molecule has 0 saturated carbocycles. The summed E-state index contributed by atoms with van der Waals surface area (Å²) in [6.07, 6.45) is 0. The molecule has 2 aromatic heterocycles. The minimum Gasteiger partial charge on any atom is -0.341 e. The number of hydrogen-bond acceptors (Lipinski definition) is 4. The number of imidazole rings is 1. The molecule has 1 fully saturated rings. The van der Waals surface area contributed by atoms with Crippen molar-refractivity contribution in [1.29, 1.82) is 0 Å². The van der Waals surface area contributed by atoms with Crippen molar-refractivity contribution in [1.82, 2.24) is 19.8 Å². The smallest absolute Gasteiger partial charge is 0.121 e. The molecule has 0 atom stereocenters. The molecule has 1 aromatic carbocycles. The van der Waals surface area contributed by atoms with E-state index in [0.29, 0.717) is 0 Å². The monoisotopic (exact) mass is 340 g/mol. The van der Waals surface area contributed by atoms with Crippen molar-refractivity contribution >= 4 is 22.4 Å². The number of fused-ring (bicyclic) bond motifs is 1. The van der Waals surface area contributed by atoms with E-state index in [1.54, 1.807) is 0 Å². The highest BCUT2D eigenvalue weighted by atomic mass is 32.1. The van der Waals surface area contributed by atoms with Gasteiger partial charge in [0, 0.05) is 37.6 Å². The SMILES string of the molecule is Cc1ccc2[nH]c(CN3CCN(Cc4cccs4)CC3)nc2c1C. The van der Waals surface area contributed by atoms with Crippen LogP contribution in [0.5, 0.6) is 0 Å². The molecule has 0 unspecified atom stereocenters. The molecule has 4 rings (SSSR count). The molecule has 0 spiro atoms. The summed E-state index contributed by atoms with van der Waals surface area (Å²) in [5.41, 5.74) is 4.88. The molecule has 1 aliphatic heterocycles. The number of rotatable bonds is 4. The van der Waals surface area contributed by atoms with E-state index in [9.17, 15) is 0 Å². The summed E-state index contributed by atoms with van der Waals surface area (Å²) in [6, 6.07) is 8.69. The summed E-state index contributed by atoms with van der Waals surface area (Å²) >= 11 is 1.85. The fraction of sp³-hybridized carbons (Fsp3) is 0.421. The van der Waals surface area contributed by atoms with Gasteiger partial charge in [-0.05, 0) is 42.5 Å². The normalized spacial score (nSPS) is 16.9. The second-order valence-electron chi connectivity index (χ2n) is 6.72. The van der Waals surface area contributed by atoms with E-state index < -0.39 is 0 Å². The first-order valence-corrected chi connectivity index (χ1v) is 9.49. The lowest BCUT2D eigenvalue weighted by molar-refractivity contribution is 0.121. The first kappa shape index (κ1) is 15.8. The number of hydrogen-bond donors (Lipinski definition) is 1. The molecular weight excluding hydrogens is 316 g/mol. The summed E-state index contributed by atoms with van der Waals surface area (Å²) < 4.78 is 0. The maximum Gasteiger partial charge on any atom is 0.121 e. The van der Waals surface area contributed by atoms with Crippen LogP contribution in [-0.2, 0) is 13.1 Å². The second kappa shape index (κ2) is 6.67. The largest absolute Gasteiger partial charge is 0.341 e. The average molecular weight is 340 g/mol. The van der Waals surface area contributed by atoms with Gasteiger partial charge in [0.15, 0.2) is 0 Å². The lowest BCUT2D eigenvalue weighted by Gasteiger charge is -2.33. The summed E-state index contributed by atoms with van der Waals surface area (Å²) in [6.45, 7) is 10.8. The highest BCUT2D eigenvalue weighted by molar-refractivity contribution is 7.09. The van der Waals surface area contributed by atoms with Crippen LogP contribution in [0.3, 0.4) is 0 Å². The van der Waals surface area contributed by atoms with E-state index in [0.717, 1.165) is 56.1 Å². The van der Waals surface area contributed by atoms with Gasteiger partial charge in [0.05, 0.1) is 17.6 Å². The van der Waals surface area contributed by atoms with Crippen LogP contribution in [0.15, 0.2) is 29.6 Å². The highest BCUT2D eigenvalue weighted by Crippen LogP contribution is 2.20. The summed E-state index contributed by atoms with van der Waals surface area (Å²) in [7, 11) is 0. The average Bonchev–Trinajstić information content (AvgIpc) is 3.23. The topological polar surface area (TPSA) is 35.2 Å². The maximum atomic E-state index is 4.84. The van der Waals surface area contributed by atoms with Crippen molar-refractivity contribution in [3.63, 3.8) is 0 Å². The lowest BCUT2D eigenvalue weighted by Crippen LogP contribution is -2.45. The Balaban J connectivity index is 1.37. The van der Waals surface area contributed by atoms with Crippen LogP contribution in [-0.4, -0.2) is 45.9 Å². The second-order valence-corrected chi connectivity index (χ2v) is 7.75. The van der Waals surface area contributed by atoms with Crippen LogP contribution in [0, 0.1) is 13.8 Å². The van der Waals surface area contributed by atoms with Crippen molar-refractivity contribution < 1.29 is 0 Å². The van der Waals surface area contributed by atoms with Crippen molar-refractivity contribution in [3.05, 3.63) is 51.5 Å². The fourth-order valence-electron chi connectivity index (χ4n) is 3.38. The Labute approximate surface area is 147 Å². The minimum atomic E-state index is 0.917. The summed E-state index contributed by atoms with van der Waals surface area (Å²) in [5.74, 6) is 1.09. The van der Waals surface area contributed by atoms with Gasteiger partial charge in [-0.3, -0.25) is 9.80 Å². The predicted molar refractivity (Wildman–Crippen MR) is 100 cm³/mol. The first-order chi connectivity index (χ1) is 11.7. The van der Waals surface area contributed by atoms with Crippen LogP contribution < -0.4 is 0 Å². The predicted octanol–water partition coefficient (Wildman–Crippen LogP) is 3.56. The zero-order valence-corrected chi connectivity index (χ0v) is 15.2. The number of thiophene rings is 1. The number of piperazine rings is 1. The first-order valence-electron chi connectivity index (χ1n) is 8.61. The molecule has 4 nitrogen and oxygen atoms in total. The molecule has 3 aromatic rings. The van der Waals surface area contributed by atoms with Crippen molar-refractivity contribution in [3.8, 4) is 0 Å². The quantitative estimate of drug-likeness (QED) is 0.789. The standard InChI is InChI=1S/C19H24N4S/c1-14-5-6-17-19(15(14)2)21-18(20-17)13-23-9-7-22(8-10-23)12-16-4-3-11-24-16/h3-6,11H,7-10,12-13H2,1-2H3,(H,20,21). The third kappa shape index (κ3) is 3.24. The van der Waals surface area contributed by atoms with E-state index in [1.807, 2.05) is 11.3 Å². The fourth-order valence-corrected chi connectivity index (χ4v) is 4.13. The van der Waals surface area contributed by atoms with Crippen molar-refractivity contribution in [2.75, 3.05) is 26.2 Å². The van der Waals surface area contributed by atoms with E-state index in [4.69, 9.17) is 4.98 Å². The molecule has 1 N–H and O–H groups in total. The molecule has 0 radical (unpaired) electrons. The molecule has 0 aliphatic carbocycles. The molecule has 1 saturated heterocycles. The van der Waals surface area contributed by atoms with Gasteiger partial charge in [-0.25, -0.2) is 4.98 Å². The Kier molecular flexibility index (Phi) is 4.39.